The Morgan fingerprint density at radius 1 is 1.27 bits per heavy atom. The lowest BCUT2D eigenvalue weighted by Gasteiger charge is -2.12. The molecule has 0 aliphatic carbocycles. The Kier molecular flexibility index (Phi) is 5.44. The molecule has 2 aromatic rings. The Morgan fingerprint density at radius 3 is 2.64 bits per heavy atom. The van der Waals surface area contributed by atoms with Gasteiger partial charge in [0.25, 0.3) is 0 Å². The van der Waals surface area contributed by atoms with Crippen LogP contribution in [-0.4, -0.2) is 15.5 Å². The number of rotatable bonds is 5. The van der Waals surface area contributed by atoms with Gasteiger partial charge in [0.05, 0.1) is 7.11 Å². The van der Waals surface area contributed by atoms with Gasteiger partial charge < -0.3 is 4.74 Å². The van der Waals surface area contributed by atoms with E-state index in [-0.39, 0.29) is 22.2 Å². The molecule has 0 unspecified atom stereocenters. The summed E-state index contributed by atoms with van der Waals surface area (Å²) < 4.78 is 45.8. The highest BCUT2D eigenvalue weighted by Gasteiger charge is 2.20. The molecular weight excluding hydrogens is 397 g/mol. The molecule has 0 fully saturated rings. The van der Waals surface area contributed by atoms with Crippen molar-refractivity contribution in [3.63, 3.8) is 0 Å². The summed E-state index contributed by atoms with van der Waals surface area (Å²) in [6, 6.07) is 8.43. The van der Waals surface area contributed by atoms with Crippen molar-refractivity contribution in [1.29, 1.82) is 0 Å². The van der Waals surface area contributed by atoms with Crippen LogP contribution in [0.15, 0.2) is 45.8 Å². The van der Waals surface area contributed by atoms with E-state index in [1.54, 1.807) is 12.1 Å². The van der Waals surface area contributed by atoms with E-state index in [9.17, 15) is 12.8 Å². The third-order valence-corrected chi connectivity index (χ3v) is 5.15. The van der Waals surface area contributed by atoms with Crippen molar-refractivity contribution in [2.24, 2.45) is 0 Å². The van der Waals surface area contributed by atoms with Crippen molar-refractivity contribution in [3.8, 4) is 5.75 Å². The number of ether oxygens (including phenoxy) is 1. The molecule has 0 aliphatic rings. The molecule has 0 heterocycles. The van der Waals surface area contributed by atoms with E-state index < -0.39 is 15.8 Å². The minimum Gasteiger partial charge on any atom is -0.495 e. The van der Waals surface area contributed by atoms with Gasteiger partial charge in [-0.3, -0.25) is 0 Å². The van der Waals surface area contributed by atoms with Crippen LogP contribution in [0.4, 0.5) is 4.39 Å². The maximum absolute atomic E-state index is 13.0. The first-order valence-corrected chi connectivity index (χ1v) is 8.76. The Labute approximate surface area is 141 Å². The van der Waals surface area contributed by atoms with Crippen molar-refractivity contribution in [2.75, 3.05) is 7.11 Å². The average Bonchev–Trinajstić information content (AvgIpc) is 2.46. The van der Waals surface area contributed by atoms with E-state index in [1.165, 1.54) is 25.3 Å². The van der Waals surface area contributed by atoms with Crippen molar-refractivity contribution < 1.29 is 17.5 Å². The Morgan fingerprint density at radius 2 is 2.00 bits per heavy atom. The minimum absolute atomic E-state index is 0.00242. The van der Waals surface area contributed by atoms with Gasteiger partial charge in [-0.05, 0) is 35.9 Å². The van der Waals surface area contributed by atoms with Crippen molar-refractivity contribution in [2.45, 2.75) is 11.4 Å². The zero-order valence-corrected chi connectivity index (χ0v) is 14.6. The number of hydrogen-bond acceptors (Lipinski definition) is 3. The molecular formula is C14H12BrClFNO3S. The molecule has 4 nitrogen and oxygen atoms in total. The smallest absolute Gasteiger partial charge is 0.244 e. The molecule has 0 bridgehead atoms. The fourth-order valence-electron chi connectivity index (χ4n) is 1.78. The highest BCUT2D eigenvalue weighted by Crippen LogP contribution is 2.27. The van der Waals surface area contributed by atoms with Crippen LogP contribution in [0.1, 0.15) is 5.56 Å². The fraction of sp³-hybridized carbons (Fsp3) is 0.143. The summed E-state index contributed by atoms with van der Waals surface area (Å²) in [6.45, 7) is -0.0584. The fourth-order valence-corrected chi connectivity index (χ4v) is 3.72. The van der Waals surface area contributed by atoms with Crippen LogP contribution in [0.2, 0.25) is 5.02 Å². The molecule has 0 aliphatic heterocycles. The molecule has 22 heavy (non-hydrogen) atoms. The quantitative estimate of drug-likeness (QED) is 0.820. The van der Waals surface area contributed by atoms with Crippen LogP contribution in [0.5, 0.6) is 5.75 Å². The van der Waals surface area contributed by atoms with Crippen molar-refractivity contribution >= 4 is 37.6 Å². The zero-order chi connectivity index (χ0) is 16.3. The first-order valence-electron chi connectivity index (χ1n) is 6.10. The number of nitrogens with one attached hydrogen (secondary N) is 1. The predicted octanol–water partition coefficient (Wildman–Crippen LogP) is 3.73. The maximum atomic E-state index is 13.0. The number of benzene rings is 2. The summed E-state index contributed by atoms with van der Waals surface area (Å²) in [4.78, 5) is 0.00242. The summed E-state index contributed by atoms with van der Waals surface area (Å²) >= 11 is 9.10. The molecule has 2 rings (SSSR count). The normalized spacial score (nSPS) is 11.5. The van der Waals surface area contributed by atoms with Crippen LogP contribution in [-0.2, 0) is 16.6 Å². The summed E-state index contributed by atoms with van der Waals surface area (Å²) in [7, 11) is -2.42. The number of hydrogen-bond donors (Lipinski definition) is 1. The lowest BCUT2D eigenvalue weighted by atomic mass is 10.2. The second-order valence-electron chi connectivity index (χ2n) is 4.36. The van der Waals surface area contributed by atoms with Gasteiger partial charge in [0.15, 0.2) is 0 Å². The minimum atomic E-state index is -3.81. The number of sulfonamides is 1. The topological polar surface area (TPSA) is 55.4 Å². The highest BCUT2D eigenvalue weighted by molar-refractivity contribution is 9.10. The van der Waals surface area contributed by atoms with Crippen LogP contribution >= 0.6 is 27.5 Å². The van der Waals surface area contributed by atoms with Crippen LogP contribution in [0.25, 0.3) is 0 Å². The molecule has 8 heteroatoms. The van der Waals surface area contributed by atoms with Gasteiger partial charge in [-0.25, -0.2) is 17.5 Å². The van der Waals surface area contributed by atoms with E-state index in [0.29, 0.717) is 10.0 Å². The first-order chi connectivity index (χ1) is 10.3. The number of methoxy groups -OCH3 is 1. The Bertz CT molecular complexity index is 799. The van der Waals surface area contributed by atoms with Gasteiger partial charge in [0.1, 0.15) is 16.5 Å². The van der Waals surface area contributed by atoms with Crippen LogP contribution in [0.3, 0.4) is 0 Å². The summed E-state index contributed by atoms with van der Waals surface area (Å²) in [5.74, 6) is -0.258. The van der Waals surface area contributed by atoms with Gasteiger partial charge in [0.2, 0.25) is 10.0 Å². The zero-order valence-electron chi connectivity index (χ0n) is 11.4. The second-order valence-corrected chi connectivity index (χ2v) is 7.41. The van der Waals surface area contributed by atoms with Gasteiger partial charge in [-0.1, -0.05) is 33.6 Å². The summed E-state index contributed by atoms with van der Waals surface area (Å²) in [5, 5.41) is 0.156. The summed E-state index contributed by atoms with van der Waals surface area (Å²) in [6.07, 6.45) is 0. The predicted molar refractivity (Wildman–Crippen MR) is 86.1 cm³/mol. The van der Waals surface area contributed by atoms with Gasteiger partial charge >= 0.3 is 0 Å². The Hall–Kier alpha value is -1.15. The molecule has 0 saturated heterocycles. The van der Waals surface area contributed by atoms with Gasteiger partial charge in [-0.15, -0.1) is 0 Å². The molecule has 118 valence electrons. The molecule has 2 aromatic carbocycles. The third kappa shape index (κ3) is 3.98. The van der Waals surface area contributed by atoms with E-state index in [2.05, 4.69) is 20.7 Å². The number of halogens is 3. The van der Waals surface area contributed by atoms with Crippen LogP contribution in [0, 0.1) is 5.82 Å². The monoisotopic (exact) mass is 407 g/mol. The molecule has 0 spiro atoms. The molecule has 1 N–H and O–H groups in total. The molecule has 0 saturated carbocycles. The maximum Gasteiger partial charge on any atom is 0.244 e. The van der Waals surface area contributed by atoms with Gasteiger partial charge in [-0.2, -0.15) is 0 Å². The van der Waals surface area contributed by atoms with Gasteiger partial charge in [0, 0.05) is 16.0 Å². The third-order valence-electron chi connectivity index (χ3n) is 2.88. The van der Waals surface area contributed by atoms with E-state index in [4.69, 9.17) is 16.3 Å². The average molecular weight is 409 g/mol. The largest absolute Gasteiger partial charge is 0.495 e. The molecule has 0 aromatic heterocycles. The molecule has 0 amide bonds. The van der Waals surface area contributed by atoms with E-state index in [1.807, 2.05) is 0 Å². The SMILES string of the molecule is COc1ccc(Br)cc1S(=O)(=O)NCc1ccc(F)cc1Cl. The first kappa shape index (κ1) is 17.2. The van der Waals surface area contributed by atoms with E-state index in [0.717, 1.165) is 6.07 Å². The van der Waals surface area contributed by atoms with E-state index >= 15 is 0 Å². The lowest BCUT2D eigenvalue weighted by Crippen LogP contribution is -2.24. The lowest BCUT2D eigenvalue weighted by molar-refractivity contribution is 0.402. The van der Waals surface area contributed by atoms with Crippen molar-refractivity contribution in [3.05, 3.63) is 57.3 Å². The standard InChI is InChI=1S/C14H12BrClFNO3S/c1-21-13-5-3-10(15)6-14(13)22(19,20)18-8-9-2-4-11(17)7-12(9)16/h2-7,18H,8H2,1H3. The Balaban J connectivity index is 2.26. The molecule has 0 radical (unpaired) electrons. The second kappa shape index (κ2) is 6.95. The van der Waals surface area contributed by atoms with Crippen LogP contribution < -0.4 is 9.46 Å². The van der Waals surface area contributed by atoms with Crippen molar-refractivity contribution in [1.82, 2.24) is 4.72 Å². The molecule has 0 atom stereocenters. The summed E-state index contributed by atoms with van der Waals surface area (Å²) in [5.41, 5.74) is 0.473. The highest BCUT2D eigenvalue weighted by atomic mass is 79.9.